The van der Waals surface area contributed by atoms with Crippen LogP contribution < -0.4 is 14.8 Å². The Balaban J connectivity index is 2.04. The molecule has 2 aromatic rings. The Kier molecular flexibility index (Phi) is 7.08. The van der Waals surface area contributed by atoms with Crippen LogP contribution >= 0.6 is 15.9 Å². The number of nitrogens with one attached hydrogen (secondary N) is 1. The van der Waals surface area contributed by atoms with Crippen LogP contribution in [0.4, 0.5) is 4.39 Å². The first-order valence-electron chi connectivity index (χ1n) is 9.69. The van der Waals surface area contributed by atoms with E-state index in [0.29, 0.717) is 28.1 Å². The second kappa shape index (κ2) is 9.52. The molecule has 6 heteroatoms. The maximum Gasteiger partial charge on any atom is 0.347 e. The first-order chi connectivity index (χ1) is 13.5. The normalized spacial score (nSPS) is 16.2. The average Bonchev–Trinajstić information content (AvgIpc) is 3.21. The molecule has 1 fully saturated rings. The van der Waals surface area contributed by atoms with Gasteiger partial charge in [0.2, 0.25) is 0 Å². The largest absolute Gasteiger partial charge is 0.491 e. The van der Waals surface area contributed by atoms with E-state index in [1.165, 1.54) is 0 Å². The number of rotatable bonds is 7. The molecule has 1 unspecified atom stereocenters. The molecule has 4 nitrogen and oxygen atoms in total. The zero-order chi connectivity index (χ0) is 20.1. The Morgan fingerprint density at radius 3 is 2.71 bits per heavy atom. The summed E-state index contributed by atoms with van der Waals surface area (Å²) in [5.74, 6) is -0.253. The maximum absolute atomic E-state index is 15.3. The first kappa shape index (κ1) is 20.8. The molecule has 0 saturated carbocycles. The molecule has 0 bridgehead atoms. The predicted octanol–water partition coefficient (Wildman–Crippen LogP) is 5.72. The van der Waals surface area contributed by atoms with E-state index < -0.39 is 11.8 Å². The van der Waals surface area contributed by atoms with Crippen LogP contribution in [0.15, 0.2) is 34.8 Å². The SMILES string of the molecule is CCCCOc1c(Br)c(C2CCCN2)c(F)c(C)c1C(=O)Oc1ccccc1. The van der Waals surface area contributed by atoms with Crippen molar-refractivity contribution in [2.24, 2.45) is 0 Å². The number of esters is 1. The first-order valence-corrected chi connectivity index (χ1v) is 10.5. The quantitative estimate of drug-likeness (QED) is 0.333. The summed E-state index contributed by atoms with van der Waals surface area (Å²) >= 11 is 3.52. The van der Waals surface area contributed by atoms with Gasteiger partial charge in [0.25, 0.3) is 0 Å². The highest BCUT2D eigenvalue weighted by molar-refractivity contribution is 9.10. The summed E-state index contributed by atoms with van der Waals surface area (Å²) in [7, 11) is 0. The molecular formula is C22H25BrFNO3. The van der Waals surface area contributed by atoms with Gasteiger partial charge in [-0.3, -0.25) is 0 Å². The van der Waals surface area contributed by atoms with E-state index >= 15 is 4.39 Å². The Bertz CT molecular complexity index is 836. The number of hydrogen-bond acceptors (Lipinski definition) is 4. The summed E-state index contributed by atoms with van der Waals surface area (Å²) in [6.45, 7) is 4.96. The summed E-state index contributed by atoms with van der Waals surface area (Å²) < 4.78 is 27.2. The standard InChI is InChI=1S/C22H25BrFNO3/c1-3-4-13-27-21-17(22(26)28-15-9-6-5-7-10-15)14(2)20(24)18(19(21)23)16-11-8-12-25-16/h5-7,9-10,16,25H,3-4,8,11-13H2,1-2H3. The topological polar surface area (TPSA) is 47.6 Å². The van der Waals surface area contributed by atoms with Gasteiger partial charge < -0.3 is 14.8 Å². The van der Waals surface area contributed by atoms with Crippen LogP contribution in [0.3, 0.4) is 0 Å². The summed E-state index contributed by atoms with van der Waals surface area (Å²) in [4.78, 5) is 12.9. The lowest BCUT2D eigenvalue weighted by atomic mass is 9.97. The van der Waals surface area contributed by atoms with Crippen LogP contribution in [-0.2, 0) is 0 Å². The predicted molar refractivity (Wildman–Crippen MR) is 111 cm³/mol. The molecule has 1 saturated heterocycles. The third-order valence-electron chi connectivity index (χ3n) is 4.91. The van der Waals surface area contributed by atoms with Crippen LogP contribution in [0, 0.1) is 12.7 Å². The molecule has 28 heavy (non-hydrogen) atoms. The van der Waals surface area contributed by atoms with E-state index in [2.05, 4.69) is 28.2 Å². The number of benzene rings is 2. The van der Waals surface area contributed by atoms with Crippen molar-refractivity contribution in [1.82, 2.24) is 5.32 Å². The molecule has 0 radical (unpaired) electrons. The number of ether oxygens (including phenoxy) is 2. The molecule has 0 aromatic heterocycles. The molecule has 1 atom stereocenters. The van der Waals surface area contributed by atoms with E-state index in [9.17, 15) is 4.79 Å². The van der Waals surface area contributed by atoms with Gasteiger partial charge in [-0.25, -0.2) is 9.18 Å². The molecule has 0 spiro atoms. The average molecular weight is 450 g/mol. The highest BCUT2D eigenvalue weighted by Gasteiger charge is 2.31. The molecule has 3 rings (SSSR count). The van der Waals surface area contributed by atoms with Crippen LogP contribution in [0.25, 0.3) is 0 Å². The lowest BCUT2D eigenvalue weighted by Gasteiger charge is -2.22. The van der Waals surface area contributed by atoms with E-state index in [4.69, 9.17) is 9.47 Å². The molecular weight excluding hydrogens is 425 g/mol. The number of carbonyl (C=O) groups is 1. The van der Waals surface area contributed by atoms with Gasteiger partial charge in [0.15, 0.2) is 0 Å². The highest BCUT2D eigenvalue weighted by atomic mass is 79.9. The molecule has 1 aliphatic heterocycles. The molecule has 1 N–H and O–H groups in total. The third-order valence-corrected chi connectivity index (χ3v) is 5.70. The maximum atomic E-state index is 15.3. The smallest absolute Gasteiger partial charge is 0.347 e. The van der Waals surface area contributed by atoms with Crippen LogP contribution in [0.2, 0.25) is 0 Å². The molecule has 150 valence electrons. The second-order valence-electron chi connectivity index (χ2n) is 6.92. The monoisotopic (exact) mass is 449 g/mol. The summed E-state index contributed by atoms with van der Waals surface area (Å²) in [6.07, 6.45) is 3.63. The fourth-order valence-corrected chi connectivity index (χ4v) is 4.16. The Morgan fingerprint density at radius 2 is 2.07 bits per heavy atom. The summed E-state index contributed by atoms with van der Waals surface area (Å²) in [5.41, 5.74) is 0.906. The highest BCUT2D eigenvalue weighted by Crippen LogP contribution is 2.42. The molecule has 0 amide bonds. The van der Waals surface area contributed by atoms with Crippen molar-refractivity contribution < 1.29 is 18.7 Å². The Morgan fingerprint density at radius 1 is 1.32 bits per heavy atom. The summed E-state index contributed by atoms with van der Waals surface area (Å²) in [5, 5.41) is 3.32. The molecule has 0 aliphatic carbocycles. The lowest BCUT2D eigenvalue weighted by molar-refractivity contribution is 0.0728. The number of para-hydroxylation sites is 1. The number of carbonyl (C=O) groups excluding carboxylic acids is 1. The Labute approximate surface area is 173 Å². The molecule has 1 heterocycles. The van der Waals surface area contributed by atoms with E-state index in [1.54, 1.807) is 31.2 Å². The minimum Gasteiger partial charge on any atom is -0.491 e. The van der Waals surface area contributed by atoms with Crippen LogP contribution in [-0.4, -0.2) is 19.1 Å². The van der Waals surface area contributed by atoms with Crippen molar-refractivity contribution in [3.05, 3.63) is 57.3 Å². The van der Waals surface area contributed by atoms with Gasteiger partial charge in [-0.15, -0.1) is 0 Å². The van der Waals surface area contributed by atoms with Crippen molar-refractivity contribution in [2.45, 2.75) is 45.6 Å². The van der Waals surface area contributed by atoms with Gasteiger partial charge in [-0.1, -0.05) is 31.5 Å². The van der Waals surface area contributed by atoms with Gasteiger partial charge in [0.1, 0.15) is 22.9 Å². The molecule has 2 aromatic carbocycles. The third kappa shape index (κ3) is 4.39. The van der Waals surface area contributed by atoms with Crippen molar-refractivity contribution in [3.63, 3.8) is 0 Å². The lowest BCUT2D eigenvalue weighted by Crippen LogP contribution is -2.20. The second-order valence-corrected chi connectivity index (χ2v) is 7.72. The number of hydrogen-bond donors (Lipinski definition) is 1. The zero-order valence-electron chi connectivity index (χ0n) is 16.2. The minimum atomic E-state index is -0.624. The van der Waals surface area contributed by atoms with Crippen LogP contribution in [0.5, 0.6) is 11.5 Å². The van der Waals surface area contributed by atoms with Gasteiger partial charge in [0.05, 0.1) is 11.1 Å². The van der Waals surface area contributed by atoms with E-state index in [0.717, 1.165) is 32.2 Å². The number of unbranched alkanes of at least 4 members (excludes halogenated alkanes) is 1. The zero-order valence-corrected chi connectivity index (χ0v) is 17.8. The number of halogens is 2. The van der Waals surface area contributed by atoms with Crippen LogP contribution in [0.1, 0.15) is 60.1 Å². The fourth-order valence-electron chi connectivity index (χ4n) is 3.39. The summed E-state index contributed by atoms with van der Waals surface area (Å²) in [6, 6.07) is 8.67. The van der Waals surface area contributed by atoms with E-state index in [1.807, 2.05) is 6.07 Å². The molecule has 1 aliphatic rings. The van der Waals surface area contributed by atoms with Crippen molar-refractivity contribution in [2.75, 3.05) is 13.2 Å². The minimum absolute atomic E-state index is 0.0965. The van der Waals surface area contributed by atoms with Crippen molar-refractivity contribution >= 4 is 21.9 Å². The van der Waals surface area contributed by atoms with Gasteiger partial charge >= 0.3 is 5.97 Å². The van der Waals surface area contributed by atoms with Crippen molar-refractivity contribution in [3.8, 4) is 11.5 Å². The van der Waals surface area contributed by atoms with Crippen molar-refractivity contribution in [1.29, 1.82) is 0 Å². The van der Waals surface area contributed by atoms with E-state index in [-0.39, 0.29) is 17.2 Å². The van der Waals surface area contributed by atoms with Gasteiger partial charge in [-0.2, -0.15) is 0 Å². The van der Waals surface area contributed by atoms with Gasteiger partial charge in [0, 0.05) is 17.2 Å². The Hall–Kier alpha value is -1.92. The fraction of sp³-hybridized carbons (Fsp3) is 0.409. The van der Waals surface area contributed by atoms with Gasteiger partial charge in [-0.05, 0) is 60.8 Å².